The normalized spacial score (nSPS) is 36.2. The van der Waals surface area contributed by atoms with Gasteiger partial charge in [0.25, 0.3) is 0 Å². The fraction of sp³-hybridized carbons (Fsp3) is 0.611. The molecule has 124 valence electrons. The van der Waals surface area contributed by atoms with Crippen molar-refractivity contribution >= 4 is 17.7 Å². The van der Waals surface area contributed by atoms with Crippen LogP contribution >= 0.6 is 0 Å². The number of hydrogen-bond acceptors (Lipinski definition) is 5. The van der Waals surface area contributed by atoms with E-state index in [9.17, 15) is 14.4 Å². The van der Waals surface area contributed by atoms with E-state index in [1.165, 1.54) is 0 Å². The summed E-state index contributed by atoms with van der Waals surface area (Å²) < 4.78 is 11.2. The first-order valence-corrected chi connectivity index (χ1v) is 8.17. The molecule has 1 fully saturated rings. The van der Waals surface area contributed by atoms with Gasteiger partial charge in [0.2, 0.25) is 0 Å². The molecule has 0 spiro atoms. The summed E-state index contributed by atoms with van der Waals surface area (Å²) in [5, 5.41) is 0. The smallest absolute Gasteiger partial charge is 0.309 e. The van der Waals surface area contributed by atoms with Gasteiger partial charge >= 0.3 is 11.9 Å². The molecule has 23 heavy (non-hydrogen) atoms. The van der Waals surface area contributed by atoms with E-state index in [-0.39, 0.29) is 41.9 Å². The van der Waals surface area contributed by atoms with Crippen LogP contribution in [0.3, 0.4) is 0 Å². The second-order valence-corrected chi connectivity index (χ2v) is 6.78. The molecule has 0 radical (unpaired) electrons. The number of hydrogen-bond donors (Lipinski definition) is 0. The van der Waals surface area contributed by atoms with Gasteiger partial charge in [-0.2, -0.15) is 0 Å². The van der Waals surface area contributed by atoms with Crippen molar-refractivity contribution in [3.63, 3.8) is 0 Å². The Balaban J connectivity index is 2.05. The zero-order valence-electron chi connectivity index (χ0n) is 13.9. The van der Waals surface area contributed by atoms with Gasteiger partial charge in [0.1, 0.15) is 12.2 Å². The van der Waals surface area contributed by atoms with Crippen LogP contribution in [0.4, 0.5) is 0 Å². The Kier molecular flexibility index (Phi) is 3.90. The van der Waals surface area contributed by atoms with Crippen LogP contribution in [-0.4, -0.2) is 29.9 Å². The van der Waals surface area contributed by atoms with Crippen LogP contribution in [0.2, 0.25) is 0 Å². The zero-order chi connectivity index (χ0) is 16.9. The lowest BCUT2D eigenvalue weighted by atomic mass is 9.79. The number of ether oxygens (including phenoxy) is 2. The predicted molar refractivity (Wildman–Crippen MR) is 82.3 cm³/mol. The van der Waals surface area contributed by atoms with Crippen LogP contribution in [0.15, 0.2) is 22.8 Å². The molecule has 2 aliphatic carbocycles. The van der Waals surface area contributed by atoms with E-state index in [2.05, 4.69) is 0 Å². The zero-order valence-corrected chi connectivity index (χ0v) is 13.9. The Labute approximate surface area is 135 Å². The molecule has 0 aromatic carbocycles. The monoisotopic (exact) mass is 318 g/mol. The Bertz CT molecular complexity index is 642. The number of allylic oxidation sites excluding steroid dienone is 1. The van der Waals surface area contributed by atoms with Gasteiger partial charge in [0.05, 0.1) is 5.92 Å². The maximum atomic E-state index is 12.3. The molecule has 0 aromatic rings. The van der Waals surface area contributed by atoms with Crippen LogP contribution < -0.4 is 0 Å². The fourth-order valence-corrected chi connectivity index (χ4v) is 4.16. The third-order valence-electron chi connectivity index (χ3n) is 5.30. The summed E-state index contributed by atoms with van der Waals surface area (Å²) in [5.41, 5.74) is 2.57. The third-order valence-corrected chi connectivity index (χ3v) is 5.30. The summed E-state index contributed by atoms with van der Waals surface area (Å²) in [6.45, 7) is 7.37. The largest absolute Gasteiger partial charge is 0.462 e. The standard InChI is InChI=1S/C18H22O5/c1-5-13(20)22-12-7-9(3)14-11(19)6-8(2)15(14)17-16(12)10(4)18(21)23-17/h6,10,12,15-17H,5,7H2,1-4H3. The molecule has 1 heterocycles. The number of carbonyl (C=O) groups is 3. The molecule has 1 aliphatic heterocycles. The number of esters is 2. The Morgan fingerprint density at radius 3 is 2.70 bits per heavy atom. The summed E-state index contributed by atoms with van der Waals surface area (Å²) in [7, 11) is 0. The molecule has 3 aliphatic rings. The minimum atomic E-state index is -0.428. The minimum absolute atomic E-state index is 0.0122. The van der Waals surface area contributed by atoms with Crippen molar-refractivity contribution in [2.75, 3.05) is 0 Å². The lowest BCUT2D eigenvalue weighted by Gasteiger charge is -2.29. The van der Waals surface area contributed by atoms with Crippen molar-refractivity contribution in [1.29, 1.82) is 0 Å². The second-order valence-electron chi connectivity index (χ2n) is 6.78. The van der Waals surface area contributed by atoms with E-state index in [1.54, 1.807) is 13.0 Å². The Hall–Kier alpha value is -1.91. The molecular weight excluding hydrogens is 296 g/mol. The van der Waals surface area contributed by atoms with E-state index >= 15 is 0 Å². The molecular formula is C18H22O5. The summed E-state index contributed by atoms with van der Waals surface area (Å²) >= 11 is 0. The number of carbonyl (C=O) groups excluding carboxylic acids is 3. The third kappa shape index (κ3) is 2.42. The minimum Gasteiger partial charge on any atom is -0.462 e. The number of ketones is 1. The van der Waals surface area contributed by atoms with Crippen LogP contribution in [0.25, 0.3) is 0 Å². The van der Waals surface area contributed by atoms with Crippen molar-refractivity contribution in [3.8, 4) is 0 Å². The van der Waals surface area contributed by atoms with Crippen molar-refractivity contribution in [2.45, 2.75) is 52.7 Å². The van der Waals surface area contributed by atoms with Crippen LogP contribution in [0, 0.1) is 17.8 Å². The quantitative estimate of drug-likeness (QED) is 0.731. The molecule has 5 atom stereocenters. The molecule has 3 rings (SSSR count). The van der Waals surface area contributed by atoms with Gasteiger partial charge in [0, 0.05) is 30.3 Å². The van der Waals surface area contributed by atoms with Crippen molar-refractivity contribution in [3.05, 3.63) is 22.8 Å². The molecule has 0 saturated carbocycles. The average molecular weight is 318 g/mol. The molecule has 0 N–H and O–H groups in total. The highest BCUT2D eigenvalue weighted by molar-refractivity contribution is 6.09. The van der Waals surface area contributed by atoms with E-state index in [0.717, 1.165) is 16.7 Å². The van der Waals surface area contributed by atoms with Gasteiger partial charge < -0.3 is 9.47 Å². The molecule has 1 saturated heterocycles. The molecule has 0 bridgehead atoms. The number of fused-ring (bicyclic) bond motifs is 3. The van der Waals surface area contributed by atoms with Crippen LogP contribution in [0.1, 0.15) is 40.5 Å². The number of rotatable bonds is 2. The van der Waals surface area contributed by atoms with Gasteiger partial charge in [-0.25, -0.2) is 0 Å². The highest BCUT2D eigenvalue weighted by atomic mass is 16.6. The lowest BCUT2D eigenvalue weighted by molar-refractivity contribution is -0.153. The van der Waals surface area contributed by atoms with E-state index in [1.807, 2.05) is 20.8 Å². The summed E-state index contributed by atoms with van der Waals surface area (Å²) in [4.78, 5) is 36.3. The maximum Gasteiger partial charge on any atom is 0.309 e. The molecule has 0 aromatic heterocycles. The van der Waals surface area contributed by atoms with Crippen molar-refractivity contribution in [2.24, 2.45) is 17.8 Å². The van der Waals surface area contributed by atoms with Gasteiger partial charge in [-0.05, 0) is 19.9 Å². The van der Waals surface area contributed by atoms with Gasteiger partial charge in [-0.15, -0.1) is 0 Å². The fourth-order valence-electron chi connectivity index (χ4n) is 4.16. The van der Waals surface area contributed by atoms with Gasteiger partial charge in [-0.1, -0.05) is 25.0 Å². The van der Waals surface area contributed by atoms with Gasteiger partial charge in [0.15, 0.2) is 5.78 Å². The van der Waals surface area contributed by atoms with Crippen LogP contribution in [-0.2, 0) is 23.9 Å². The van der Waals surface area contributed by atoms with Crippen molar-refractivity contribution in [1.82, 2.24) is 0 Å². The summed E-state index contributed by atoms with van der Waals surface area (Å²) in [6.07, 6.45) is 1.55. The highest BCUT2D eigenvalue weighted by Crippen LogP contribution is 2.48. The lowest BCUT2D eigenvalue weighted by Crippen LogP contribution is -2.37. The first-order valence-electron chi connectivity index (χ1n) is 8.17. The maximum absolute atomic E-state index is 12.3. The van der Waals surface area contributed by atoms with E-state index in [4.69, 9.17) is 9.47 Å². The Morgan fingerprint density at radius 2 is 2.04 bits per heavy atom. The second kappa shape index (κ2) is 5.62. The van der Waals surface area contributed by atoms with E-state index in [0.29, 0.717) is 6.42 Å². The first-order chi connectivity index (χ1) is 10.8. The first kappa shape index (κ1) is 16.0. The molecule has 5 heteroatoms. The van der Waals surface area contributed by atoms with Crippen molar-refractivity contribution < 1.29 is 23.9 Å². The summed E-state index contributed by atoms with van der Waals surface area (Å²) in [5.74, 6) is -1.34. The van der Waals surface area contributed by atoms with E-state index < -0.39 is 12.2 Å². The molecule has 5 nitrogen and oxygen atoms in total. The van der Waals surface area contributed by atoms with Gasteiger partial charge in [-0.3, -0.25) is 14.4 Å². The van der Waals surface area contributed by atoms with Crippen LogP contribution in [0.5, 0.6) is 0 Å². The Morgan fingerprint density at radius 1 is 1.35 bits per heavy atom. The molecule has 5 unspecified atom stereocenters. The SMILES string of the molecule is CCC(=O)OC1CC(C)=C2C(=O)C=C(C)C2C2OC(=O)C(C)C12. The average Bonchev–Trinajstić information content (AvgIpc) is 2.89. The predicted octanol–water partition coefficient (Wildman–Crippen LogP) is 2.35. The molecule has 0 amide bonds. The topological polar surface area (TPSA) is 69.7 Å². The summed E-state index contributed by atoms with van der Waals surface area (Å²) in [6, 6.07) is 0. The highest BCUT2D eigenvalue weighted by Gasteiger charge is 2.55.